The summed E-state index contributed by atoms with van der Waals surface area (Å²) in [6.45, 7) is 2.75. The summed E-state index contributed by atoms with van der Waals surface area (Å²) in [5, 5.41) is 11.8. The maximum Gasteiger partial charge on any atom is 0.230 e. The number of amides is 1. The number of aromatic nitrogens is 2. The van der Waals surface area contributed by atoms with Gasteiger partial charge in [-0.25, -0.2) is 0 Å². The van der Waals surface area contributed by atoms with Crippen LogP contribution in [0.25, 0.3) is 0 Å². The van der Waals surface area contributed by atoms with E-state index in [1.165, 1.54) is 23.1 Å². The number of nitrogens with one attached hydrogen (secondary N) is 1. The molecule has 0 atom stereocenters. The second-order valence-corrected chi connectivity index (χ2v) is 8.25. The third-order valence-corrected chi connectivity index (χ3v) is 6.03. The lowest BCUT2D eigenvalue weighted by Gasteiger charge is -2.00. The van der Waals surface area contributed by atoms with Crippen molar-refractivity contribution in [2.45, 2.75) is 27.8 Å². The Morgan fingerprint density at radius 3 is 2.82 bits per heavy atom. The van der Waals surface area contributed by atoms with Crippen LogP contribution in [0.3, 0.4) is 0 Å². The van der Waals surface area contributed by atoms with Gasteiger partial charge in [0.05, 0.1) is 5.75 Å². The summed E-state index contributed by atoms with van der Waals surface area (Å²) >= 11 is 10.5. The average Bonchev–Trinajstić information content (AvgIpc) is 2.97. The highest BCUT2D eigenvalue weighted by atomic mass is 35.5. The minimum Gasteiger partial charge on any atom is -0.355 e. The van der Waals surface area contributed by atoms with Gasteiger partial charge in [-0.1, -0.05) is 65.5 Å². The van der Waals surface area contributed by atoms with E-state index in [4.69, 9.17) is 11.6 Å². The van der Waals surface area contributed by atoms with Gasteiger partial charge in [-0.2, -0.15) is 0 Å². The van der Waals surface area contributed by atoms with Crippen molar-refractivity contribution in [1.29, 1.82) is 0 Å². The van der Waals surface area contributed by atoms with Gasteiger partial charge in [0.15, 0.2) is 8.68 Å². The molecule has 1 heterocycles. The van der Waals surface area contributed by atoms with E-state index in [2.05, 4.69) is 15.5 Å². The Balaban J connectivity index is 1.77. The number of rotatable bonds is 8. The Morgan fingerprint density at radius 1 is 1.32 bits per heavy atom. The molecular formula is C14H16ClN3OS3. The van der Waals surface area contributed by atoms with E-state index in [0.717, 1.165) is 38.0 Å². The number of hydrogen-bond donors (Lipinski definition) is 1. The molecule has 0 fully saturated rings. The highest BCUT2D eigenvalue weighted by Gasteiger charge is 2.08. The molecule has 8 heteroatoms. The van der Waals surface area contributed by atoms with Crippen molar-refractivity contribution >= 4 is 52.4 Å². The molecule has 2 rings (SSSR count). The maximum atomic E-state index is 11.5. The molecule has 0 aliphatic heterocycles. The van der Waals surface area contributed by atoms with E-state index in [9.17, 15) is 4.79 Å². The molecule has 0 unspecified atom stereocenters. The molecule has 118 valence electrons. The number of halogens is 1. The van der Waals surface area contributed by atoms with E-state index in [0.29, 0.717) is 5.75 Å². The lowest BCUT2D eigenvalue weighted by molar-refractivity contribution is -0.118. The second-order valence-electron chi connectivity index (χ2n) is 4.39. The summed E-state index contributed by atoms with van der Waals surface area (Å²) in [5.41, 5.74) is 1.15. The summed E-state index contributed by atoms with van der Waals surface area (Å²) in [5.74, 6) is 1.22. The standard InChI is InChI=1S/C14H16ClN3OS3/c1-2-6-16-12(19)9-21-14-18-17-13(22-14)20-8-10-4-3-5-11(15)7-10/h3-5,7H,2,6,8-9H2,1H3,(H,16,19). The van der Waals surface area contributed by atoms with E-state index in [1.807, 2.05) is 31.2 Å². The molecule has 22 heavy (non-hydrogen) atoms. The number of carbonyl (C=O) groups excluding carboxylic acids is 1. The summed E-state index contributed by atoms with van der Waals surface area (Å²) in [6.07, 6.45) is 0.944. The third-order valence-electron chi connectivity index (χ3n) is 2.54. The molecule has 1 amide bonds. The van der Waals surface area contributed by atoms with E-state index in [1.54, 1.807) is 11.8 Å². The molecule has 1 aromatic carbocycles. The summed E-state index contributed by atoms with van der Waals surface area (Å²) in [7, 11) is 0. The van der Waals surface area contributed by atoms with Crippen LogP contribution in [0.2, 0.25) is 5.02 Å². The Bertz CT molecular complexity index is 621. The zero-order chi connectivity index (χ0) is 15.8. The number of carbonyl (C=O) groups is 1. The molecular weight excluding hydrogens is 358 g/mol. The molecule has 0 bridgehead atoms. The van der Waals surface area contributed by atoms with Crippen molar-refractivity contribution in [2.24, 2.45) is 0 Å². The molecule has 4 nitrogen and oxygen atoms in total. The lowest BCUT2D eigenvalue weighted by Crippen LogP contribution is -2.25. The van der Waals surface area contributed by atoms with Crippen molar-refractivity contribution in [3.8, 4) is 0 Å². The summed E-state index contributed by atoms with van der Waals surface area (Å²) in [4.78, 5) is 11.5. The molecule has 0 spiro atoms. The fourth-order valence-corrected chi connectivity index (χ4v) is 4.53. The average molecular weight is 374 g/mol. The minimum atomic E-state index is 0.0372. The Morgan fingerprint density at radius 2 is 2.09 bits per heavy atom. The first kappa shape index (κ1) is 17.6. The zero-order valence-electron chi connectivity index (χ0n) is 12.0. The van der Waals surface area contributed by atoms with Gasteiger partial charge in [0.2, 0.25) is 5.91 Å². The molecule has 0 aliphatic carbocycles. The van der Waals surface area contributed by atoms with Gasteiger partial charge >= 0.3 is 0 Å². The predicted octanol–water partition coefficient (Wildman–Crippen LogP) is 4.10. The first-order valence-corrected chi connectivity index (χ1v) is 9.94. The summed E-state index contributed by atoms with van der Waals surface area (Å²) < 4.78 is 1.72. The monoisotopic (exact) mass is 373 g/mol. The van der Waals surface area contributed by atoms with Crippen LogP contribution in [0.15, 0.2) is 32.9 Å². The van der Waals surface area contributed by atoms with Crippen molar-refractivity contribution < 1.29 is 4.79 Å². The second kappa shape index (κ2) is 9.39. The van der Waals surface area contributed by atoms with Gasteiger partial charge < -0.3 is 5.32 Å². The van der Waals surface area contributed by atoms with Crippen LogP contribution in [0.1, 0.15) is 18.9 Å². The number of nitrogens with zero attached hydrogens (tertiary/aromatic N) is 2. The van der Waals surface area contributed by atoms with Crippen molar-refractivity contribution in [3.05, 3.63) is 34.9 Å². The summed E-state index contributed by atoms with van der Waals surface area (Å²) in [6, 6.07) is 7.78. The van der Waals surface area contributed by atoms with Crippen molar-refractivity contribution in [1.82, 2.24) is 15.5 Å². The van der Waals surface area contributed by atoms with Crippen LogP contribution in [-0.4, -0.2) is 28.4 Å². The Hall–Kier alpha value is -0.760. The van der Waals surface area contributed by atoms with Gasteiger partial charge in [-0.15, -0.1) is 10.2 Å². The number of hydrogen-bond acceptors (Lipinski definition) is 6. The molecule has 2 aromatic rings. The maximum absolute atomic E-state index is 11.5. The smallest absolute Gasteiger partial charge is 0.230 e. The van der Waals surface area contributed by atoms with Crippen LogP contribution in [-0.2, 0) is 10.5 Å². The third kappa shape index (κ3) is 6.16. The first-order valence-electron chi connectivity index (χ1n) is 6.77. The first-order chi connectivity index (χ1) is 10.7. The lowest BCUT2D eigenvalue weighted by atomic mass is 10.2. The van der Waals surface area contributed by atoms with Crippen molar-refractivity contribution in [3.63, 3.8) is 0 Å². The zero-order valence-corrected chi connectivity index (χ0v) is 15.2. The van der Waals surface area contributed by atoms with Crippen LogP contribution in [0.5, 0.6) is 0 Å². The molecule has 1 N–H and O–H groups in total. The fourth-order valence-electron chi connectivity index (χ4n) is 1.53. The van der Waals surface area contributed by atoms with Crippen LogP contribution in [0, 0.1) is 0 Å². The highest BCUT2D eigenvalue weighted by molar-refractivity contribution is 8.03. The SMILES string of the molecule is CCCNC(=O)CSc1nnc(SCc2cccc(Cl)c2)s1. The molecule has 0 aliphatic rings. The van der Waals surface area contributed by atoms with E-state index >= 15 is 0 Å². The van der Waals surface area contributed by atoms with Crippen molar-refractivity contribution in [2.75, 3.05) is 12.3 Å². The highest BCUT2D eigenvalue weighted by Crippen LogP contribution is 2.30. The molecule has 0 saturated heterocycles. The largest absolute Gasteiger partial charge is 0.355 e. The topological polar surface area (TPSA) is 54.9 Å². The quantitative estimate of drug-likeness (QED) is 0.706. The number of thioether (sulfide) groups is 2. The van der Waals surface area contributed by atoms with E-state index < -0.39 is 0 Å². The van der Waals surface area contributed by atoms with Gasteiger partial charge in [-0.3, -0.25) is 4.79 Å². The number of benzene rings is 1. The van der Waals surface area contributed by atoms with Gasteiger partial charge in [0, 0.05) is 17.3 Å². The normalized spacial score (nSPS) is 10.6. The van der Waals surface area contributed by atoms with E-state index in [-0.39, 0.29) is 5.91 Å². The van der Waals surface area contributed by atoms with Gasteiger partial charge in [-0.05, 0) is 24.1 Å². The molecule has 1 aromatic heterocycles. The fraction of sp³-hybridized carbons (Fsp3) is 0.357. The van der Waals surface area contributed by atoms with Crippen LogP contribution < -0.4 is 5.32 Å². The van der Waals surface area contributed by atoms with Crippen LogP contribution >= 0.6 is 46.5 Å². The van der Waals surface area contributed by atoms with Gasteiger partial charge in [0.25, 0.3) is 0 Å². The van der Waals surface area contributed by atoms with Gasteiger partial charge in [0.1, 0.15) is 0 Å². The predicted molar refractivity (Wildman–Crippen MR) is 94.9 cm³/mol. The van der Waals surface area contributed by atoms with Crippen LogP contribution in [0.4, 0.5) is 0 Å². The minimum absolute atomic E-state index is 0.0372. The molecule has 0 radical (unpaired) electrons. The Kier molecular flexibility index (Phi) is 7.51. The Labute approximate surface area is 147 Å². The molecule has 0 saturated carbocycles.